The van der Waals surface area contributed by atoms with Crippen molar-refractivity contribution >= 4 is 11.9 Å². The topological polar surface area (TPSA) is 72.6 Å². The number of carbonyl (C=O) groups is 2. The third-order valence-corrected chi connectivity index (χ3v) is 1.79. The SMILES string of the molecule is CCCN(CCC(N)=O)CC(=O)OC. The van der Waals surface area contributed by atoms with E-state index in [1.807, 2.05) is 11.8 Å². The summed E-state index contributed by atoms with van der Waals surface area (Å²) in [5, 5.41) is 0. The summed E-state index contributed by atoms with van der Waals surface area (Å²) in [5.41, 5.74) is 5.02. The van der Waals surface area contributed by atoms with Crippen LogP contribution in [-0.2, 0) is 14.3 Å². The number of hydrogen-bond acceptors (Lipinski definition) is 4. The Balaban J connectivity index is 3.88. The van der Waals surface area contributed by atoms with Crippen LogP contribution in [0.1, 0.15) is 19.8 Å². The highest BCUT2D eigenvalue weighted by Crippen LogP contribution is 1.94. The monoisotopic (exact) mass is 202 g/mol. The summed E-state index contributed by atoms with van der Waals surface area (Å²) < 4.78 is 4.54. The molecule has 0 aromatic carbocycles. The first-order valence-electron chi connectivity index (χ1n) is 4.67. The number of primary amides is 1. The predicted octanol–water partition coefficient (Wildman–Crippen LogP) is -0.253. The van der Waals surface area contributed by atoms with Gasteiger partial charge in [-0.05, 0) is 13.0 Å². The molecule has 0 radical (unpaired) electrons. The maximum atomic E-state index is 11.0. The second-order valence-corrected chi connectivity index (χ2v) is 3.07. The lowest BCUT2D eigenvalue weighted by atomic mass is 10.3. The number of carbonyl (C=O) groups excluding carboxylic acids is 2. The Labute approximate surface area is 84.2 Å². The maximum Gasteiger partial charge on any atom is 0.319 e. The van der Waals surface area contributed by atoms with E-state index in [2.05, 4.69) is 4.74 Å². The molecule has 0 aliphatic heterocycles. The summed E-state index contributed by atoms with van der Waals surface area (Å²) in [7, 11) is 1.35. The molecule has 0 spiro atoms. The van der Waals surface area contributed by atoms with Crippen molar-refractivity contribution in [1.82, 2.24) is 4.90 Å². The molecule has 82 valence electrons. The fourth-order valence-corrected chi connectivity index (χ4v) is 1.10. The van der Waals surface area contributed by atoms with Gasteiger partial charge >= 0.3 is 5.97 Å². The zero-order valence-corrected chi connectivity index (χ0v) is 8.78. The molecule has 0 atom stereocenters. The van der Waals surface area contributed by atoms with Gasteiger partial charge in [-0.3, -0.25) is 14.5 Å². The number of ether oxygens (including phenoxy) is 1. The largest absolute Gasteiger partial charge is 0.468 e. The van der Waals surface area contributed by atoms with Crippen molar-refractivity contribution in [2.45, 2.75) is 19.8 Å². The Morgan fingerprint density at radius 3 is 2.43 bits per heavy atom. The molecule has 1 amide bonds. The molecule has 0 aliphatic rings. The number of amides is 1. The van der Waals surface area contributed by atoms with Crippen LogP contribution in [0.5, 0.6) is 0 Å². The van der Waals surface area contributed by atoms with Crippen molar-refractivity contribution in [2.24, 2.45) is 5.73 Å². The summed E-state index contributed by atoms with van der Waals surface area (Å²) >= 11 is 0. The average molecular weight is 202 g/mol. The highest BCUT2D eigenvalue weighted by atomic mass is 16.5. The van der Waals surface area contributed by atoms with Crippen LogP contribution in [-0.4, -0.2) is 43.5 Å². The van der Waals surface area contributed by atoms with Crippen molar-refractivity contribution in [1.29, 1.82) is 0 Å². The minimum Gasteiger partial charge on any atom is -0.468 e. The molecule has 2 N–H and O–H groups in total. The van der Waals surface area contributed by atoms with Crippen LogP contribution < -0.4 is 5.73 Å². The van der Waals surface area contributed by atoms with Gasteiger partial charge in [0.1, 0.15) is 0 Å². The molecule has 5 nitrogen and oxygen atoms in total. The molecule has 0 fully saturated rings. The number of methoxy groups -OCH3 is 1. The third-order valence-electron chi connectivity index (χ3n) is 1.79. The third kappa shape index (κ3) is 6.42. The highest BCUT2D eigenvalue weighted by molar-refractivity contribution is 5.74. The Bertz CT molecular complexity index is 194. The lowest BCUT2D eigenvalue weighted by Crippen LogP contribution is -2.34. The Kier molecular flexibility index (Phi) is 6.74. The summed E-state index contributed by atoms with van der Waals surface area (Å²) in [5.74, 6) is -0.640. The summed E-state index contributed by atoms with van der Waals surface area (Å²) in [6.07, 6.45) is 1.20. The van der Waals surface area contributed by atoms with Crippen LogP contribution in [0.2, 0.25) is 0 Å². The van der Waals surface area contributed by atoms with E-state index in [-0.39, 0.29) is 24.8 Å². The molecule has 0 rings (SSSR count). The molecule has 0 aromatic rings. The first-order valence-corrected chi connectivity index (χ1v) is 4.67. The van der Waals surface area contributed by atoms with E-state index in [4.69, 9.17) is 5.73 Å². The predicted molar refractivity (Wildman–Crippen MR) is 52.6 cm³/mol. The quantitative estimate of drug-likeness (QED) is 0.578. The lowest BCUT2D eigenvalue weighted by molar-refractivity contribution is -0.142. The summed E-state index contributed by atoms with van der Waals surface area (Å²) in [6.45, 7) is 3.51. The van der Waals surface area contributed by atoms with Gasteiger partial charge in [-0.1, -0.05) is 6.92 Å². The number of nitrogens with two attached hydrogens (primary N) is 1. The van der Waals surface area contributed by atoms with Gasteiger partial charge in [0.25, 0.3) is 0 Å². The second-order valence-electron chi connectivity index (χ2n) is 3.07. The number of rotatable bonds is 7. The Morgan fingerprint density at radius 2 is 2.00 bits per heavy atom. The molecule has 5 heteroatoms. The van der Waals surface area contributed by atoms with Crippen LogP contribution in [0.15, 0.2) is 0 Å². The van der Waals surface area contributed by atoms with E-state index < -0.39 is 0 Å². The second kappa shape index (κ2) is 7.32. The Hall–Kier alpha value is -1.10. The standard InChI is InChI=1S/C9H18N2O3/c1-3-5-11(6-4-8(10)12)7-9(13)14-2/h3-7H2,1-2H3,(H2,10,12). The molecule has 0 bridgehead atoms. The smallest absolute Gasteiger partial charge is 0.319 e. The van der Waals surface area contributed by atoms with Gasteiger partial charge in [-0.25, -0.2) is 0 Å². The molecule has 0 saturated carbocycles. The van der Waals surface area contributed by atoms with Gasteiger partial charge in [-0.2, -0.15) is 0 Å². The number of esters is 1. The molecule has 0 aromatic heterocycles. The minimum atomic E-state index is -0.351. The lowest BCUT2D eigenvalue weighted by Gasteiger charge is -2.18. The summed E-state index contributed by atoms with van der Waals surface area (Å²) in [6, 6.07) is 0. The molecule has 0 heterocycles. The average Bonchev–Trinajstić information content (AvgIpc) is 2.14. The number of nitrogens with zero attached hydrogens (tertiary/aromatic N) is 1. The van der Waals surface area contributed by atoms with Crippen LogP contribution >= 0.6 is 0 Å². The van der Waals surface area contributed by atoms with Gasteiger partial charge in [0.15, 0.2) is 0 Å². The van der Waals surface area contributed by atoms with Crippen molar-refractivity contribution < 1.29 is 14.3 Å². The van der Waals surface area contributed by atoms with Gasteiger partial charge in [0.05, 0.1) is 13.7 Å². The van der Waals surface area contributed by atoms with E-state index in [9.17, 15) is 9.59 Å². The van der Waals surface area contributed by atoms with E-state index in [0.29, 0.717) is 6.54 Å². The zero-order valence-electron chi connectivity index (χ0n) is 8.78. The van der Waals surface area contributed by atoms with Crippen LogP contribution in [0.3, 0.4) is 0 Å². The van der Waals surface area contributed by atoms with E-state index >= 15 is 0 Å². The minimum absolute atomic E-state index is 0.220. The number of hydrogen-bond donors (Lipinski definition) is 1. The van der Waals surface area contributed by atoms with Gasteiger partial charge in [-0.15, -0.1) is 0 Å². The van der Waals surface area contributed by atoms with Crippen molar-refractivity contribution in [2.75, 3.05) is 26.7 Å². The fourth-order valence-electron chi connectivity index (χ4n) is 1.10. The maximum absolute atomic E-state index is 11.0. The van der Waals surface area contributed by atoms with E-state index in [1.165, 1.54) is 7.11 Å². The van der Waals surface area contributed by atoms with Gasteiger partial charge in [0, 0.05) is 13.0 Å². The molecule has 0 aliphatic carbocycles. The zero-order chi connectivity index (χ0) is 11.0. The molecule has 14 heavy (non-hydrogen) atoms. The summed E-state index contributed by atoms with van der Waals surface area (Å²) in [4.78, 5) is 23.4. The molecular formula is C9H18N2O3. The molecule has 0 unspecified atom stereocenters. The van der Waals surface area contributed by atoms with Crippen LogP contribution in [0.25, 0.3) is 0 Å². The van der Waals surface area contributed by atoms with Crippen molar-refractivity contribution in [3.63, 3.8) is 0 Å². The normalized spacial score (nSPS) is 10.2. The van der Waals surface area contributed by atoms with Crippen molar-refractivity contribution in [3.05, 3.63) is 0 Å². The van der Waals surface area contributed by atoms with E-state index in [1.54, 1.807) is 0 Å². The van der Waals surface area contributed by atoms with Crippen LogP contribution in [0, 0.1) is 0 Å². The van der Waals surface area contributed by atoms with Gasteiger partial charge in [0.2, 0.25) is 5.91 Å². The van der Waals surface area contributed by atoms with E-state index in [0.717, 1.165) is 13.0 Å². The molecule has 0 saturated heterocycles. The van der Waals surface area contributed by atoms with Crippen molar-refractivity contribution in [3.8, 4) is 0 Å². The fraction of sp³-hybridized carbons (Fsp3) is 0.778. The first kappa shape index (κ1) is 12.9. The van der Waals surface area contributed by atoms with Gasteiger partial charge < -0.3 is 10.5 Å². The Morgan fingerprint density at radius 1 is 1.36 bits per heavy atom. The first-order chi connectivity index (χ1) is 6.60. The molecular weight excluding hydrogens is 184 g/mol. The highest BCUT2D eigenvalue weighted by Gasteiger charge is 2.10. The van der Waals surface area contributed by atoms with Crippen LogP contribution in [0.4, 0.5) is 0 Å².